The quantitative estimate of drug-likeness (QED) is 0.471. The summed E-state index contributed by atoms with van der Waals surface area (Å²) in [6.07, 6.45) is 2.25. The molecule has 3 fully saturated rings. The van der Waals surface area contributed by atoms with Gasteiger partial charge < -0.3 is 20.6 Å². The molecule has 196 valence electrons. The number of fused-ring (bicyclic) bond motifs is 1. The number of hydrogen-bond acceptors (Lipinski definition) is 5. The van der Waals surface area contributed by atoms with Crippen molar-refractivity contribution in [3.63, 3.8) is 0 Å². The number of nitrogens with zero attached hydrogens (tertiary/aromatic N) is 1. The molecule has 5 rings (SSSR count). The molecule has 1 spiro atoms. The summed E-state index contributed by atoms with van der Waals surface area (Å²) in [6, 6.07) is 17.6. The largest absolute Gasteiger partial charge is 0.394 e. The second-order valence-corrected chi connectivity index (χ2v) is 12.5. The van der Waals surface area contributed by atoms with Crippen molar-refractivity contribution in [3.8, 4) is 0 Å². The van der Waals surface area contributed by atoms with Crippen LogP contribution in [0.2, 0.25) is 0 Å². The predicted molar refractivity (Wildman–Crippen MR) is 143 cm³/mol. The van der Waals surface area contributed by atoms with Crippen molar-refractivity contribution in [1.82, 2.24) is 15.5 Å². The van der Waals surface area contributed by atoms with Crippen LogP contribution in [-0.4, -0.2) is 56.4 Å². The number of aliphatic hydroxyl groups is 1. The summed E-state index contributed by atoms with van der Waals surface area (Å²) in [6.45, 7) is 4.66. The predicted octanol–water partition coefficient (Wildman–Crippen LogP) is 3.04. The van der Waals surface area contributed by atoms with Crippen molar-refractivity contribution < 1.29 is 19.5 Å². The van der Waals surface area contributed by atoms with E-state index in [2.05, 4.69) is 17.6 Å². The van der Waals surface area contributed by atoms with Crippen molar-refractivity contribution in [2.24, 2.45) is 11.8 Å². The van der Waals surface area contributed by atoms with Crippen molar-refractivity contribution in [2.75, 3.05) is 13.2 Å². The minimum Gasteiger partial charge on any atom is -0.394 e. The van der Waals surface area contributed by atoms with Crippen LogP contribution < -0.4 is 10.6 Å². The number of amides is 3. The zero-order chi connectivity index (χ0) is 26.2. The van der Waals surface area contributed by atoms with E-state index in [1.807, 2.05) is 67.6 Å². The molecule has 3 aliphatic rings. The third-order valence-electron chi connectivity index (χ3n) is 8.30. The van der Waals surface area contributed by atoms with E-state index in [0.717, 1.165) is 24.0 Å². The number of carbonyl (C=O) groups excluding carboxylic acids is 3. The first-order valence-electron chi connectivity index (χ1n) is 13.1. The fourth-order valence-electron chi connectivity index (χ4n) is 6.67. The second kappa shape index (κ2) is 10.1. The second-order valence-electron chi connectivity index (χ2n) is 10.6. The molecule has 0 aliphatic carbocycles. The van der Waals surface area contributed by atoms with Gasteiger partial charge in [-0.3, -0.25) is 14.4 Å². The van der Waals surface area contributed by atoms with E-state index in [1.54, 1.807) is 16.7 Å². The Morgan fingerprint density at radius 3 is 2.38 bits per heavy atom. The molecule has 3 N–H and O–H groups in total. The van der Waals surface area contributed by atoms with Crippen molar-refractivity contribution in [2.45, 2.75) is 61.2 Å². The minimum absolute atomic E-state index is 0.109. The first-order chi connectivity index (χ1) is 17.9. The molecule has 6 atom stereocenters. The van der Waals surface area contributed by atoms with Gasteiger partial charge in [-0.1, -0.05) is 67.6 Å². The average Bonchev–Trinajstić information content (AvgIpc) is 3.48. The highest BCUT2D eigenvalue weighted by atomic mass is 32.2. The van der Waals surface area contributed by atoms with E-state index in [0.29, 0.717) is 19.5 Å². The highest BCUT2D eigenvalue weighted by Gasteiger charge is 2.77. The molecule has 3 heterocycles. The van der Waals surface area contributed by atoms with E-state index in [-0.39, 0.29) is 24.3 Å². The smallest absolute Gasteiger partial charge is 0.244 e. The van der Waals surface area contributed by atoms with E-state index in [1.165, 1.54) is 0 Å². The lowest BCUT2D eigenvalue weighted by Crippen LogP contribution is -2.54. The number of hydrogen-bond donors (Lipinski definition) is 3. The molecule has 0 aromatic heterocycles. The van der Waals surface area contributed by atoms with Gasteiger partial charge in [0.05, 0.1) is 29.2 Å². The van der Waals surface area contributed by atoms with E-state index in [9.17, 15) is 19.5 Å². The Labute approximate surface area is 222 Å². The summed E-state index contributed by atoms with van der Waals surface area (Å²) in [5, 5.41) is 16.6. The maximum absolute atomic E-state index is 14.3. The van der Waals surface area contributed by atoms with Gasteiger partial charge in [0, 0.05) is 17.8 Å². The molecule has 3 saturated heterocycles. The molecule has 3 aliphatic heterocycles. The number of rotatable bonds is 9. The van der Waals surface area contributed by atoms with Crippen LogP contribution in [0.4, 0.5) is 0 Å². The minimum atomic E-state index is -0.790. The normalized spacial score (nSPS) is 30.7. The number of thioether (sulfide) groups is 1. The van der Waals surface area contributed by atoms with Crippen LogP contribution in [0.3, 0.4) is 0 Å². The highest BCUT2D eigenvalue weighted by molar-refractivity contribution is 8.02. The third-order valence-corrected chi connectivity index (χ3v) is 10.3. The Balaban J connectivity index is 1.55. The summed E-state index contributed by atoms with van der Waals surface area (Å²) in [5.74, 6) is -1.69. The van der Waals surface area contributed by atoms with Gasteiger partial charge in [0.15, 0.2) is 0 Å². The van der Waals surface area contributed by atoms with Gasteiger partial charge in [0.1, 0.15) is 6.04 Å². The van der Waals surface area contributed by atoms with Crippen molar-refractivity contribution in [3.05, 3.63) is 71.8 Å². The van der Waals surface area contributed by atoms with Crippen molar-refractivity contribution >= 4 is 29.5 Å². The number of benzene rings is 2. The number of carbonyl (C=O) groups is 3. The Bertz CT molecular complexity index is 1160. The standard InChI is InChI=1S/C29H35N3O4S/c1-3-16-30-25(34)22-23-27(36)32(21(18-33)20-12-8-5-9-13-20)24(29(23)15-14-28(22,2)37-29)26(35)31-17-19-10-6-4-7-11-19/h4-13,21-24,33H,3,14-18H2,1-2H3,(H,30,34)(H,31,35)/t21-,22+,23+,24?,28-,29?/m1/s1. The molecule has 0 radical (unpaired) electrons. The van der Waals surface area contributed by atoms with Gasteiger partial charge in [-0.25, -0.2) is 0 Å². The Kier molecular flexibility index (Phi) is 7.07. The number of likely N-dealkylation sites (tertiary alicyclic amines) is 1. The highest BCUT2D eigenvalue weighted by Crippen LogP contribution is 2.71. The monoisotopic (exact) mass is 521 g/mol. The number of nitrogens with one attached hydrogen (secondary N) is 2. The summed E-state index contributed by atoms with van der Waals surface area (Å²) in [5.41, 5.74) is 1.74. The first kappa shape index (κ1) is 25.8. The van der Waals surface area contributed by atoms with Gasteiger partial charge in [-0.05, 0) is 37.3 Å². The van der Waals surface area contributed by atoms with Gasteiger partial charge in [-0.15, -0.1) is 11.8 Å². The van der Waals surface area contributed by atoms with Crippen LogP contribution in [-0.2, 0) is 20.9 Å². The van der Waals surface area contributed by atoms with Gasteiger partial charge in [-0.2, -0.15) is 0 Å². The molecular formula is C29H35N3O4S. The Morgan fingerprint density at radius 2 is 1.73 bits per heavy atom. The Morgan fingerprint density at radius 1 is 1.05 bits per heavy atom. The zero-order valence-electron chi connectivity index (χ0n) is 21.4. The molecular weight excluding hydrogens is 486 g/mol. The van der Waals surface area contributed by atoms with Crippen LogP contribution >= 0.6 is 11.8 Å². The van der Waals surface area contributed by atoms with E-state index < -0.39 is 33.4 Å². The lowest BCUT2D eigenvalue weighted by Gasteiger charge is -2.37. The molecule has 0 saturated carbocycles. The van der Waals surface area contributed by atoms with Gasteiger partial charge in [0.25, 0.3) is 0 Å². The van der Waals surface area contributed by atoms with E-state index in [4.69, 9.17) is 0 Å². The molecule has 2 unspecified atom stereocenters. The zero-order valence-corrected chi connectivity index (χ0v) is 22.2. The first-order valence-corrected chi connectivity index (χ1v) is 14.0. The van der Waals surface area contributed by atoms with Crippen LogP contribution in [0, 0.1) is 11.8 Å². The van der Waals surface area contributed by atoms with Crippen LogP contribution in [0.15, 0.2) is 60.7 Å². The number of aliphatic hydroxyl groups excluding tert-OH is 1. The molecule has 8 heteroatoms. The van der Waals surface area contributed by atoms with Gasteiger partial charge in [0.2, 0.25) is 17.7 Å². The fraction of sp³-hybridized carbons (Fsp3) is 0.483. The third kappa shape index (κ3) is 4.24. The lowest BCUT2D eigenvalue weighted by atomic mass is 9.66. The average molecular weight is 522 g/mol. The summed E-state index contributed by atoms with van der Waals surface area (Å²) < 4.78 is -1.13. The maximum Gasteiger partial charge on any atom is 0.244 e. The molecule has 7 nitrogen and oxygen atoms in total. The molecule has 37 heavy (non-hydrogen) atoms. The van der Waals surface area contributed by atoms with E-state index >= 15 is 0 Å². The lowest BCUT2D eigenvalue weighted by molar-refractivity contribution is -0.143. The summed E-state index contributed by atoms with van der Waals surface area (Å²) >= 11 is 1.64. The van der Waals surface area contributed by atoms with Crippen LogP contribution in [0.1, 0.15) is 50.3 Å². The van der Waals surface area contributed by atoms with Crippen molar-refractivity contribution in [1.29, 1.82) is 0 Å². The SMILES string of the molecule is CCCNC(=O)[C@@H]1[C@H]2C(=O)N([C@H](CO)c3ccccc3)C(C(=O)NCc3ccccc3)C23CC[C@@]1(C)S3. The maximum atomic E-state index is 14.3. The topological polar surface area (TPSA) is 98.7 Å². The van der Waals surface area contributed by atoms with Crippen LogP contribution in [0.5, 0.6) is 0 Å². The molecule has 3 amide bonds. The summed E-state index contributed by atoms with van der Waals surface area (Å²) in [4.78, 5) is 43.3. The molecule has 2 bridgehead atoms. The summed E-state index contributed by atoms with van der Waals surface area (Å²) in [7, 11) is 0. The molecule has 2 aromatic carbocycles. The van der Waals surface area contributed by atoms with Gasteiger partial charge >= 0.3 is 0 Å². The van der Waals surface area contributed by atoms with Crippen LogP contribution in [0.25, 0.3) is 0 Å². The Hall–Kier alpha value is -2.84. The fourth-order valence-corrected chi connectivity index (χ4v) is 9.01. The molecule has 2 aromatic rings.